The van der Waals surface area contributed by atoms with Crippen molar-refractivity contribution in [1.29, 1.82) is 0 Å². The highest BCUT2D eigenvalue weighted by molar-refractivity contribution is 7.89. The monoisotopic (exact) mass is 523 g/mol. The van der Waals surface area contributed by atoms with E-state index < -0.39 is 28.1 Å². The number of nitrogens with one attached hydrogen (secondary N) is 1. The lowest BCUT2D eigenvalue weighted by atomic mass is 10.0. The zero-order valence-electron chi connectivity index (χ0n) is 19.5. The molecule has 0 radical (unpaired) electrons. The fourth-order valence-corrected chi connectivity index (χ4v) is 5.34. The van der Waals surface area contributed by atoms with Gasteiger partial charge < -0.3 is 20.4 Å². The first-order valence-corrected chi connectivity index (χ1v) is 12.9. The largest absolute Gasteiger partial charge is 0.511 e. The summed E-state index contributed by atoms with van der Waals surface area (Å²) in [7, 11) is -5.60. The van der Waals surface area contributed by atoms with E-state index in [0.29, 0.717) is 40.7 Å². The molecule has 0 aliphatic carbocycles. The van der Waals surface area contributed by atoms with E-state index in [-0.39, 0.29) is 19.7 Å². The molecule has 2 aromatic carbocycles. The van der Waals surface area contributed by atoms with Crippen LogP contribution >= 0.6 is 0 Å². The van der Waals surface area contributed by atoms with Gasteiger partial charge in [0.05, 0.1) is 18.6 Å². The van der Waals surface area contributed by atoms with E-state index in [0.717, 1.165) is 11.3 Å². The second kappa shape index (κ2) is 10.9. The van der Waals surface area contributed by atoms with Crippen LogP contribution in [-0.4, -0.2) is 53.9 Å². The second-order valence-electron chi connectivity index (χ2n) is 8.52. The Bertz CT molecular complexity index is 1240. The summed E-state index contributed by atoms with van der Waals surface area (Å²) in [4.78, 5) is 9.02. The third-order valence-corrected chi connectivity index (χ3v) is 7.66. The third kappa shape index (κ3) is 5.66. The lowest BCUT2D eigenvalue weighted by Crippen LogP contribution is -2.47. The van der Waals surface area contributed by atoms with E-state index >= 15 is 0 Å². The molecule has 1 aliphatic rings. The molecule has 0 amide bonds. The van der Waals surface area contributed by atoms with Crippen LogP contribution in [0.15, 0.2) is 61.1 Å². The minimum atomic E-state index is -5.60. The van der Waals surface area contributed by atoms with Crippen LogP contribution in [0.25, 0.3) is 0 Å². The average molecular weight is 524 g/mol. The molecule has 3 aromatic rings. The summed E-state index contributed by atoms with van der Waals surface area (Å²) in [5, 5.41) is 0. The molecule has 0 unspecified atom stereocenters. The van der Waals surface area contributed by atoms with Gasteiger partial charge in [-0.2, -0.15) is 17.5 Å². The molecule has 4 rings (SSSR count). The van der Waals surface area contributed by atoms with Gasteiger partial charge in [0, 0.05) is 43.1 Å². The number of benzene rings is 2. The number of rotatable bonds is 9. The predicted molar refractivity (Wildman–Crippen MR) is 130 cm³/mol. The van der Waals surface area contributed by atoms with Gasteiger partial charge in [-0.15, -0.1) is 0 Å². The molecule has 3 N–H and O–H groups in total. The number of aromatic nitrogens is 2. The maximum atomic E-state index is 13.7. The summed E-state index contributed by atoms with van der Waals surface area (Å²) in [6.45, 7) is -0.175. The van der Waals surface area contributed by atoms with Crippen molar-refractivity contribution >= 4 is 15.7 Å². The first kappa shape index (κ1) is 26.0. The standard InChI is InChI=1S/C24H28F3N5O3S/c25-24(26,27)36(33,34)31-15-20(10-9-18-5-2-1-3-6-18)32(14-19-13-29-17-30-19)22-7-4-8-23(21(22)16-31)35-12-11-28/h1-8,13,17,20H,9-12,14-16,28H2,(H,29,30)/t20-/m0/s1. The van der Waals surface area contributed by atoms with Crippen molar-refractivity contribution in [2.75, 3.05) is 24.6 Å². The van der Waals surface area contributed by atoms with Gasteiger partial charge in [-0.05, 0) is 30.5 Å². The zero-order chi connectivity index (χ0) is 25.8. The Hall–Kier alpha value is -3.09. The number of ether oxygens (including phenoxy) is 1. The Morgan fingerprint density at radius 3 is 2.58 bits per heavy atom. The van der Waals surface area contributed by atoms with E-state index in [1.165, 1.54) is 6.33 Å². The van der Waals surface area contributed by atoms with Crippen molar-refractivity contribution in [3.05, 3.63) is 77.9 Å². The Morgan fingerprint density at radius 2 is 1.92 bits per heavy atom. The Labute approximate surface area is 207 Å². The molecule has 8 nitrogen and oxygen atoms in total. The molecule has 0 bridgehead atoms. The van der Waals surface area contributed by atoms with Gasteiger partial charge in [0.25, 0.3) is 0 Å². The number of fused-ring (bicyclic) bond motifs is 1. The molecule has 1 aliphatic heterocycles. The number of aryl methyl sites for hydroxylation is 1. The van der Waals surface area contributed by atoms with Crippen molar-refractivity contribution < 1.29 is 26.3 Å². The summed E-state index contributed by atoms with van der Waals surface area (Å²) < 4.78 is 72.7. The lowest BCUT2D eigenvalue weighted by molar-refractivity contribution is -0.0492. The first-order chi connectivity index (χ1) is 17.2. The Morgan fingerprint density at radius 1 is 1.14 bits per heavy atom. The van der Waals surface area contributed by atoms with Crippen molar-refractivity contribution in [3.8, 4) is 5.75 Å². The number of halogens is 3. The van der Waals surface area contributed by atoms with Crippen LogP contribution in [0.2, 0.25) is 0 Å². The maximum Gasteiger partial charge on any atom is 0.511 e. The van der Waals surface area contributed by atoms with Gasteiger partial charge in [-0.3, -0.25) is 0 Å². The van der Waals surface area contributed by atoms with Crippen molar-refractivity contribution in [1.82, 2.24) is 14.3 Å². The number of imidazole rings is 1. The molecular formula is C24H28F3N5O3S. The minimum Gasteiger partial charge on any atom is -0.492 e. The van der Waals surface area contributed by atoms with E-state index in [4.69, 9.17) is 10.5 Å². The van der Waals surface area contributed by atoms with Crippen LogP contribution in [0.5, 0.6) is 5.75 Å². The number of H-pyrrole nitrogens is 1. The molecule has 12 heteroatoms. The molecule has 1 aromatic heterocycles. The number of nitrogens with two attached hydrogens (primary N) is 1. The third-order valence-electron chi connectivity index (χ3n) is 6.12. The fraction of sp³-hybridized carbons (Fsp3) is 0.375. The molecule has 194 valence electrons. The quantitative estimate of drug-likeness (QED) is 0.446. The molecule has 36 heavy (non-hydrogen) atoms. The molecule has 0 saturated heterocycles. The fourth-order valence-electron chi connectivity index (χ4n) is 4.38. The number of sulfonamides is 1. The molecule has 2 heterocycles. The summed E-state index contributed by atoms with van der Waals surface area (Å²) in [5.74, 6) is 0.304. The smallest absolute Gasteiger partial charge is 0.492 e. The van der Waals surface area contributed by atoms with E-state index in [9.17, 15) is 21.6 Å². The number of hydrogen-bond donors (Lipinski definition) is 2. The highest BCUT2D eigenvalue weighted by Crippen LogP contribution is 2.39. The van der Waals surface area contributed by atoms with Gasteiger partial charge in [0.1, 0.15) is 12.4 Å². The molecule has 0 spiro atoms. The van der Waals surface area contributed by atoms with Gasteiger partial charge in [-0.25, -0.2) is 13.4 Å². The van der Waals surface area contributed by atoms with Gasteiger partial charge >= 0.3 is 15.5 Å². The van der Waals surface area contributed by atoms with Gasteiger partial charge in [0.15, 0.2) is 0 Å². The molecule has 0 saturated carbocycles. The van der Waals surface area contributed by atoms with Crippen molar-refractivity contribution in [2.45, 2.75) is 37.5 Å². The second-order valence-corrected chi connectivity index (χ2v) is 10.4. The number of anilines is 1. The Kier molecular flexibility index (Phi) is 7.86. The zero-order valence-corrected chi connectivity index (χ0v) is 20.3. The number of aromatic amines is 1. The summed E-state index contributed by atoms with van der Waals surface area (Å²) in [6.07, 6.45) is 4.14. The van der Waals surface area contributed by atoms with Crippen LogP contribution in [0.3, 0.4) is 0 Å². The lowest BCUT2D eigenvalue weighted by Gasteiger charge is -2.34. The SMILES string of the molecule is NCCOc1cccc2c1CN(S(=O)(=O)C(F)(F)F)C[C@H](CCc1ccccc1)N2Cc1cnc[nH]1. The van der Waals surface area contributed by atoms with Crippen LogP contribution in [0, 0.1) is 0 Å². The molecular weight excluding hydrogens is 495 g/mol. The molecule has 0 fully saturated rings. The van der Waals surface area contributed by atoms with Crippen LogP contribution in [0.1, 0.15) is 23.2 Å². The van der Waals surface area contributed by atoms with E-state index in [1.807, 2.05) is 35.2 Å². The molecule has 1 atom stereocenters. The first-order valence-electron chi connectivity index (χ1n) is 11.5. The van der Waals surface area contributed by atoms with Gasteiger partial charge in [0.2, 0.25) is 0 Å². The highest BCUT2D eigenvalue weighted by atomic mass is 32.2. The number of nitrogens with zero attached hydrogens (tertiary/aromatic N) is 3. The van der Waals surface area contributed by atoms with E-state index in [1.54, 1.807) is 24.4 Å². The van der Waals surface area contributed by atoms with Crippen LogP contribution in [-0.2, 0) is 29.5 Å². The van der Waals surface area contributed by atoms with Gasteiger partial charge in [-0.1, -0.05) is 36.4 Å². The Balaban J connectivity index is 1.80. The summed E-state index contributed by atoms with van der Waals surface area (Å²) in [6, 6.07) is 14.1. The maximum absolute atomic E-state index is 13.7. The van der Waals surface area contributed by atoms with Crippen molar-refractivity contribution in [2.24, 2.45) is 5.73 Å². The van der Waals surface area contributed by atoms with Crippen LogP contribution in [0.4, 0.5) is 18.9 Å². The van der Waals surface area contributed by atoms with E-state index in [2.05, 4.69) is 9.97 Å². The topological polar surface area (TPSA) is 105 Å². The predicted octanol–water partition coefficient (Wildman–Crippen LogP) is 3.42. The summed E-state index contributed by atoms with van der Waals surface area (Å²) >= 11 is 0. The summed E-state index contributed by atoms with van der Waals surface area (Å²) in [5.41, 5.74) is 2.86. The number of hydrogen-bond acceptors (Lipinski definition) is 6. The normalized spacial score (nSPS) is 17.0. The van der Waals surface area contributed by atoms with Crippen LogP contribution < -0.4 is 15.4 Å². The number of alkyl halides is 3. The minimum absolute atomic E-state index is 0.139. The average Bonchev–Trinajstić information content (AvgIpc) is 3.31. The van der Waals surface area contributed by atoms with Crippen molar-refractivity contribution in [3.63, 3.8) is 0 Å². The highest BCUT2D eigenvalue weighted by Gasteiger charge is 2.51.